The van der Waals surface area contributed by atoms with E-state index >= 15 is 0 Å². The van der Waals surface area contributed by atoms with Crippen molar-refractivity contribution in [3.05, 3.63) is 58.6 Å². The summed E-state index contributed by atoms with van der Waals surface area (Å²) in [7, 11) is 3.97. The van der Waals surface area contributed by atoms with E-state index in [2.05, 4.69) is 5.32 Å². The predicted molar refractivity (Wildman–Crippen MR) is 116 cm³/mol. The lowest BCUT2D eigenvalue weighted by molar-refractivity contribution is -0.117. The first kappa shape index (κ1) is 19.8. The van der Waals surface area contributed by atoms with E-state index in [-0.39, 0.29) is 23.8 Å². The molecule has 0 bridgehead atoms. The molecule has 5 nitrogen and oxygen atoms in total. The normalized spacial score (nSPS) is 15.7. The molecule has 6 heteroatoms. The van der Waals surface area contributed by atoms with Gasteiger partial charge in [0.2, 0.25) is 5.91 Å². The van der Waals surface area contributed by atoms with E-state index in [1.165, 1.54) is 0 Å². The molecule has 0 spiro atoms. The molecule has 0 aromatic heterocycles. The summed E-state index contributed by atoms with van der Waals surface area (Å²) in [6.07, 6.45) is 3.95. The summed E-state index contributed by atoms with van der Waals surface area (Å²) in [6, 6.07) is 13.3. The largest absolute Gasteiger partial charge is 0.377 e. The van der Waals surface area contributed by atoms with Crippen LogP contribution < -0.4 is 10.2 Å². The van der Waals surface area contributed by atoms with E-state index in [4.69, 9.17) is 11.6 Å². The average molecular weight is 412 g/mol. The first-order valence-electron chi connectivity index (χ1n) is 10.1. The van der Waals surface area contributed by atoms with Crippen molar-refractivity contribution in [1.82, 2.24) is 4.90 Å². The molecule has 2 saturated carbocycles. The molecule has 2 fully saturated rings. The molecule has 2 aliphatic rings. The van der Waals surface area contributed by atoms with Gasteiger partial charge >= 0.3 is 0 Å². The number of hydrogen-bond donors (Lipinski definition) is 1. The van der Waals surface area contributed by atoms with Crippen LogP contribution in [0.1, 0.15) is 41.6 Å². The van der Waals surface area contributed by atoms with Crippen LogP contribution >= 0.6 is 11.6 Å². The summed E-state index contributed by atoms with van der Waals surface area (Å²) >= 11 is 6.29. The molecule has 1 N–H and O–H groups in total. The van der Waals surface area contributed by atoms with Crippen LogP contribution in [0.25, 0.3) is 0 Å². The number of rotatable bonds is 7. The molecule has 0 atom stereocenters. The highest BCUT2D eigenvalue weighted by Gasteiger charge is 2.34. The monoisotopic (exact) mass is 411 g/mol. The first-order chi connectivity index (χ1) is 13.9. The summed E-state index contributed by atoms with van der Waals surface area (Å²) < 4.78 is 0. The Morgan fingerprint density at radius 2 is 1.79 bits per heavy atom. The van der Waals surface area contributed by atoms with Crippen LogP contribution in [0.15, 0.2) is 42.5 Å². The number of nitrogens with zero attached hydrogens (tertiary/aromatic N) is 2. The maximum absolute atomic E-state index is 13.3. The molecule has 0 radical (unpaired) electrons. The van der Waals surface area contributed by atoms with Crippen molar-refractivity contribution in [1.29, 1.82) is 0 Å². The van der Waals surface area contributed by atoms with E-state index in [0.29, 0.717) is 17.1 Å². The number of carbonyl (C=O) groups is 2. The van der Waals surface area contributed by atoms with Gasteiger partial charge in [-0.2, -0.15) is 0 Å². The van der Waals surface area contributed by atoms with Crippen molar-refractivity contribution in [2.75, 3.05) is 24.3 Å². The summed E-state index contributed by atoms with van der Waals surface area (Å²) in [4.78, 5) is 29.4. The highest BCUT2D eigenvalue weighted by atomic mass is 35.5. The maximum atomic E-state index is 13.3. The summed E-state index contributed by atoms with van der Waals surface area (Å²) in [5.74, 6) is 0.187. The first-order valence-corrected chi connectivity index (χ1v) is 10.5. The van der Waals surface area contributed by atoms with Crippen LogP contribution in [-0.4, -0.2) is 36.9 Å². The quantitative estimate of drug-likeness (QED) is 0.726. The maximum Gasteiger partial charge on any atom is 0.255 e. The van der Waals surface area contributed by atoms with Gasteiger partial charge in [-0.25, -0.2) is 0 Å². The van der Waals surface area contributed by atoms with E-state index in [1.807, 2.05) is 54.2 Å². The Hall–Kier alpha value is -2.53. The van der Waals surface area contributed by atoms with Crippen LogP contribution in [0.2, 0.25) is 5.02 Å². The Morgan fingerprint density at radius 1 is 1.07 bits per heavy atom. The molecule has 0 saturated heterocycles. The predicted octanol–water partition coefficient (Wildman–Crippen LogP) is 4.56. The zero-order valence-electron chi connectivity index (χ0n) is 16.8. The summed E-state index contributed by atoms with van der Waals surface area (Å²) in [5.41, 5.74) is 3.36. The number of amides is 2. The van der Waals surface area contributed by atoms with Crippen LogP contribution in [0, 0.1) is 5.92 Å². The minimum atomic E-state index is -0.0461. The molecule has 152 valence electrons. The third-order valence-corrected chi connectivity index (χ3v) is 5.80. The van der Waals surface area contributed by atoms with Gasteiger partial charge in [0, 0.05) is 44.0 Å². The molecule has 2 amide bonds. The van der Waals surface area contributed by atoms with Gasteiger partial charge in [0.1, 0.15) is 0 Å². The van der Waals surface area contributed by atoms with Crippen molar-refractivity contribution >= 4 is 34.8 Å². The molecular formula is C23H26ClN3O2. The van der Waals surface area contributed by atoms with Gasteiger partial charge in [-0.05, 0) is 61.6 Å². The molecule has 0 unspecified atom stereocenters. The molecular weight excluding hydrogens is 386 g/mol. The van der Waals surface area contributed by atoms with Gasteiger partial charge in [0.15, 0.2) is 0 Å². The third kappa shape index (κ3) is 4.56. The lowest BCUT2D eigenvalue weighted by atomic mass is 10.1. The number of nitrogens with one attached hydrogen (secondary N) is 1. The van der Waals surface area contributed by atoms with Crippen LogP contribution in [-0.2, 0) is 11.3 Å². The zero-order valence-corrected chi connectivity index (χ0v) is 17.6. The fraction of sp³-hybridized carbons (Fsp3) is 0.391. The third-order valence-electron chi connectivity index (χ3n) is 5.47. The fourth-order valence-electron chi connectivity index (χ4n) is 3.54. The second kappa shape index (κ2) is 8.07. The van der Waals surface area contributed by atoms with Gasteiger partial charge in [-0.3, -0.25) is 9.59 Å². The van der Waals surface area contributed by atoms with Gasteiger partial charge in [-0.15, -0.1) is 0 Å². The van der Waals surface area contributed by atoms with Gasteiger partial charge in [0.05, 0.1) is 10.6 Å². The van der Waals surface area contributed by atoms with Crippen LogP contribution in [0.5, 0.6) is 0 Å². The van der Waals surface area contributed by atoms with Gasteiger partial charge in [-0.1, -0.05) is 23.7 Å². The lowest BCUT2D eigenvalue weighted by Gasteiger charge is -2.26. The van der Waals surface area contributed by atoms with Crippen LogP contribution in [0.3, 0.4) is 0 Å². The molecule has 2 aromatic carbocycles. The van der Waals surface area contributed by atoms with E-state index in [9.17, 15) is 9.59 Å². The molecule has 0 aliphatic heterocycles. The number of anilines is 2. The van der Waals surface area contributed by atoms with Crippen molar-refractivity contribution in [2.24, 2.45) is 5.92 Å². The van der Waals surface area contributed by atoms with E-state index in [0.717, 1.165) is 42.6 Å². The molecule has 4 rings (SSSR count). The van der Waals surface area contributed by atoms with E-state index in [1.54, 1.807) is 12.1 Å². The molecule has 0 heterocycles. The minimum absolute atomic E-state index is 0.0461. The Balaban J connectivity index is 1.61. The topological polar surface area (TPSA) is 52.7 Å². The molecule has 29 heavy (non-hydrogen) atoms. The van der Waals surface area contributed by atoms with Gasteiger partial charge in [0.25, 0.3) is 5.91 Å². The molecule has 2 aromatic rings. The fourth-order valence-corrected chi connectivity index (χ4v) is 3.76. The number of halogens is 1. The Kier molecular flexibility index (Phi) is 5.50. The lowest BCUT2D eigenvalue weighted by Crippen LogP contribution is -2.33. The van der Waals surface area contributed by atoms with Crippen molar-refractivity contribution < 1.29 is 9.59 Å². The van der Waals surface area contributed by atoms with Crippen LogP contribution in [0.4, 0.5) is 11.4 Å². The van der Waals surface area contributed by atoms with Crippen molar-refractivity contribution in [3.8, 4) is 0 Å². The second-order valence-corrected chi connectivity index (χ2v) is 8.55. The Bertz CT molecular complexity index is 935. The van der Waals surface area contributed by atoms with Crippen molar-refractivity contribution in [2.45, 2.75) is 38.3 Å². The Labute approximate surface area is 176 Å². The highest BCUT2D eigenvalue weighted by Crippen LogP contribution is 2.34. The second-order valence-electron chi connectivity index (χ2n) is 8.15. The SMILES string of the molecule is CN(C)c1ccc(NC(=O)C2CC2)cc1CN(C(=O)c1ccccc1Cl)C1CC1. The Morgan fingerprint density at radius 3 is 2.41 bits per heavy atom. The van der Waals surface area contributed by atoms with Crippen molar-refractivity contribution in [3.63, 3.8) is 0 Å². The van der Waals surface area contributed by atoms with E-state index < -0.39 is 0 Å². The highest BCUT2D eigenvalue weighted by molar-refractivity contribution is 6.33. The number of carbonyl (C=O) groups excluding carboxylic acids is 2. The summed E-state index contributed by atoms with van der Waals surface area (Å²) in [5, 5.41) is 3.49. The number of benzene rings is 2. The summed E-state index contributed by atoms with van der Waals surface area (Å²) in [6.45, 7) is 0.482. The van der Waals surface area contributed by atoms with Gasteiger partial charge < -0.3 is 15.1 Å². The standard InChI is InChI=1S/C23H26ClN3O2/c1-26(2)21-12-9-17(25-22(28)15-7-8-15)13-16(21)14-27(18-10-11-18)23(29)19-5-3-4-6-20(19)24/h3-6,9,12-13,15,18H,7-8,10-11,14H2,1-2H3,(H,25,28). The minimum Gasteiger partial charge on any atom is -0.377 e. The average Bonchev–Trinajstić information content (AvgIpc) is 3.58. The molecule has 2 aliphatic carbocycles. The zero-order chi connectivity index (χ0) is 20.5. The smallest absolute Gasteiger partial charge is 0.255 e. The number of hydrogen-bond acceptors (Lipinski definition) is 3.